The number of carbonyl (C=O) groups is 3. The summed E-state index contributed by atoms with van der Waals surface area (Å²) in [5, 5.41) is 2.55. The molecule has 2 rings (SSSR count). The summed E-state index contributed by atoms with van der Waals surface area (Å²) in [5.74, 6) is 1.11. The zero-order valence-electron chi connectivity index (χ0n) is 21.7. The fraction of sp³-hybridized carbons (Fsp3) is 0.500. The Morgan fingerprint density at radius 3 is 2.44 bits per heavy atom. The van der Waals surface area contributed by atoms with E-state index in [-0.39, 0.29) is 38.2 Å². The van der Waals surface area contributed by atoms with Gasteiger partial charge in [-0.05, 0) is 56.5 Å². The topological polar surface area (TPSA) is 111 Å². The van der Waals surface area contributed by atoms with Gasteiger partial charge in [0.2, 0.25) is 5.91 Å². The van der Waals surface area contributed by atoms with Crippen LogP contribution in [0.15, 0.2) is 41.0 Å². The first kappa shape index (κ1) is 28.5. The van der Waals surface area contributed by atoms with Gasteiger partial charge >= 0.3 is 12.0 Å². The number of benzene rings is 1. The van der Waals surface area contributed by atoms with Crippen molar-refractivity contribution >= 4 is 17.9 Å². The summed E-state index contributed by atoms with van der Waals surface area (Å²) in [7, 11) is 3.15. The Balaban J connectivity index is 2.14. The molecule has 1 N–H and O–H groups in total. The summed E-state index contributed by atoms with van der Waals surface area (Å²) in [5.41, 5.74) is 0.968. The maximum absolute atomic E-state index is 13.4. The molecule has 36 heavy (non-hydrogen) atoms. The van der Waals surface area contributed by atoms with Gasteiger partial charge in [-0.1, -0.05) is 13.0 Å². The molecule has 0 saturated carbocycles. The van der Waals surface area contributed by atoms with Crippen LogP contribution in [0, 0.1) is 0 Å². The Kier molecular flexibility index (Phi) is 11.6. The Morgan fingerprint density at radius 1 is 1.08 bits per heavy atom. The Bertz CT molecular complexity index is 978. The number of hydrogen-bond acceptors (Lipinski definition) is 7. The molecule has 0 fully saturated rings. The second-order valence-corrected chi connectivity index (χ2v) is 8.18. The second kappa shape index (κ2) is 14.7. The van der Waals surface area contributed by atoms with Crippen molar-refractivity contribution in [3.05, 3.63) is 47.9 Å². The minimum absolute atomic E-state index is 0.143. The molecule has 198 valence electrons. The van der Waals surface area contributed by atoms with Gasteiger partial charge in [-0.2, -0.15) is 0 Å². The van der Waals surface area contributed by atoms with E-state index in [0.717, 1.165) is 5.56 Å². The third-order valence-electron chi connectivity index (χ3n) is 5.78. The molecule has 0 bridgehead atoms. The van der Waals surface area contributed by atoms with E-state index in [1.54, 1.807) is 44.4 Å². The van der Waals surface area contributed by atoms with Crippen LogP contribution in [0.5, 0.6) is 11.5 Å². The lowest BCUT2D eigenvalue weighted by molar-refractivity contribution is -0.141. The number of esters is 1. The number of furan rings is 1. The van der Waals surface area contributed by atoms with Gasteiger partial charge in [-0.15, -0.1) is 0 Å². The number of ether oxygens (including phenoxy) is 3. The van der Waals surface area contributed by atoms with E-state index >= 15 is 0 Å². The van der Waals surface area contributed by atoms with Crippen LogP contribution in [0.1, 0.15) is 38.5 Å². The molecule has 0 radical (unpaired) electrons. The predicted molar refractivity (Wildman–Crippen MR) is 134 cm³/mol. The molecule has 1 aromatic carbocycles. The van der Waals surface area contributed by atoms with Crippen LogP contribution >= 0.6 is 0 Å². The number of nitrogens with zero attached hydrogens (tertiary/aromatic N) is 2. The number of nitrogens with one attached hydrogen (secondary N) is 1. The number of urea groups is 1. The molecule has 10 heteroatoms. The number of amides is 3. The van der Waals surface area contributed by atoms with Crippen molar-refractivity contribution in [2.24, 2.45) is 0 Å². The number of hydrogen-bond donors (Lipinski definition) is 1. The van der Waals surface area contributed by atoms with Gasteiger partial charge < -0.3 is 33.7 Å². The molecule has 10 nitrogen and oxygen atoms in total. The highest BCUT2D eigenvalue weighted by Crippen LogP contribution is 2.27. The van der Waals surface area contributed by atoms with E-state index < -0.39 is 12.0 Å². The van der Waals surface area contributed by atoms with Crippen LogP contribution in [-0.4, -0.2) is 74.2 Å². The molecule has 0 saturated heterocycles. The highest BCUT2D eigenvalue weighted by Gasteiger charge is 2.26. The average molecular weight is 504 g/mol. The first-order valence-corrected chi connectivity index (χ1v) is 12.0. The Labute approximate surface area is 212 Å². The van der Waals surface area contributed by atoms with Crippen molar-refractivity contribution in [2.75, 3.05) is 40.5 Å². The number of carbonyl (C=O) groups excluding carboxylic acids is 3. The largest absolute Gasteiger partial charge is 0.493 e. The van der Waals surface area contributed by atoms with Crippen molar-refractivity contribution in [3.8, 4) is 11.5 Å². The third-order valence-corrected chi connectivity index (χ3v) is 5.78. The zero-order valence-corrected chi connectivity index (χ0v) is 21.7. The minimum Gasteiger partial charge on any atom is -0.493 e. The molecule has 2 aromatic rings. The van der Waals surface area contributed by atoms with Crippen LogP contribution in [0.25, 0.3) is 0 Å². The van der Waals surface area contributed by atoms with E-state index in [4.69, 9.17) is 18.6 Å². The van der Waals surface area contributed by atoms with Gasteiger partial charge in [0.15, 0.2) is 11.5 Å². The predicted octanol–water partition coefficient (Wildman–Crippen LogP) is 3.24. The first-order valence-electron chi connectivity index (χ1n) is 12.0. The second-order valence-electron chi connectivity index (χ2n) is 8.18. The summed E-state index contributed by atoms with van der Waals surface area (Å²) in [6.45, 7) is 5.96. The van der Waals surface area contributed by atoms with E-state index in [2.05, 4.69) is 5.32 Å². The van der Waals surface area contributed by atoms with Gasteiger partial charge in [-0.3, -0.25) is 9.59 Å². The van der Waals surface area contributed by atoms with Crippen LogP contribution < -0.4 is 14.8 Å². The van der Waals surface area contributed by atoms with Crippen molar-refractivity contribution in [1.82, 2.24) is 15.1 Å². The van der Waals surface area contributed by atoms with Crippen LogP contribution in [0.2, 0.25) is 0 Å². The first-order chi connectivity index (χ1) is 17.3. The lowest BCUT2D eigenvalue weighted by Crippen LogP contribution is -2.51. The van der Waals surface area contributed by atoms with Gasteiger partial charge in [0, 0.05) is 12.6 Å². The summed E-state index contributed by atoms with van der Waals surface area (Å²) in [4.78, 5) is 41.0. The molecule has 1 aromatic heterocycles. The van der Waals surface area contributed by atoms with E-state index in [1.807, 2.05) is 32.0 Å². The van der Waals surface area contributed by atoms with Gasteiger partial charge in [0.1, 0.15) is 18.8 Å². The average Bonchev–Trinajstić information content (AvgIpc) is 3.40. The van der Waals surface area contributed by atoms with E-state index in [9.17, 15) is 14.4 Å². The molecule has 0 spiro atoms. The summed E-state index contributed by atoms with van der Waals surface area (Å²) in [6, 6.07) is 8.48. The van der Waals surface area contributed by atoms with Crippen LogP contribution in [-0.2, 0) is 27.3 Å². The zero-order chi connectivity index (χ0) is 26.5. The molecular weight excluding hydrogens is 466 g/mol. The van der Waals surface area contributed by atoms with E-state index in [1.165, 1.54) is 4.90 Å². The third kappa shape index (κ3) is 8.51. The van der Waals surface area contributed by atoms with Crippen molar-refractivity contribution in [2.45, 2.75) is 46.2 Å². The lowest BCUT2D eigenvalue weighted by atomic mass is 10.1. The summed E-state index contributed by atoms with van der Waals surface area (Å²) < 4.78 is 21.0. The van der Waals surface area contributed by atoms with Crippen molar-refractivity contribution < 1.29 is 33.0 Å². The molecule has 1 unspecified atom stereocenters. The molecule has 0 aliphatic carbocycles. The quantitative estimate of drug-likeness (QED) is 0.394. The summed E-state index contributed by atoms with van der Waals surface area (Å²) in [6.07, 6.45) is 2.76. The molecule has 0 aliphatic rings. The number of methoxy groups -OCH3 is 2. The molecule has 3 amide bonds. The lowest BCUT2D eigenvalue weighted by Gasteiger charge is -2.31. The molecule has 1 heterocycles. The smallest absolute Gasteiger partial charge is 0.325 e. The maximum atomic E-state index is 13.4. The highest BCUT2D eigenvalue weighted by atomic mass is 16.5. The Hall–Kier alpha value is -3.69. The molecular formula is C26H37N3O7. The van der Waals surface area contributed by atoms with Crippen molar-refractivity contribution in [3.63, 3.8) is 0 Å². The van der Waals surface area contributed by atoms with Gasteiger partial charge in [0.05, 0.1) is 33.6 Å². The van der Waals surface area contributed by atoms with Crippen LogP contribution in [0.4, 0.5) is 4.79 Å². The van der Waals surface area contributed by atoms with Crippen molar-refractivity contribution in [1.29, 1.82) is 0 Å². The fourth-order valence-corrected chi connectivity index (χ4v) is 3.54. The normalized spacial score (nSPS) is 11.4. The molecule has 1 atom stereocenters. The van der Waals surface area contributed by atoms with Gasteiger partial charge in [-0.25, -0.2) is 4.79 Å². The maximum Gasteiger partial charge on any atom is 0.325 e. The Morgan fingerprint density at radius 2 is 1.83 bits per heavy atom. The standard InChI is InChI=1S/C26H37N3O7/c1-6-19(3)29(26(32)27-16-25(31)35-7-2)18-24(30)28(17-21-9-8-14-36-21)13-12-20-10-11-22(33-4)23(15-20)34-5/h8-11,14-15,19H,6-7,12-13,16-18H2,1-5H3,(H,27,32). The summed E-state index contributed by atoms with van der Waals surface area (Å²) >= 11 is 0. The minimum atomic E-state index is -0.532. The number of rotatable bonds is 14. The fourth-order valence-electron chi connectivity index (χ4n) is 3.54. The highest BCUT2D eigenvalue weighted by molar-refractivity contribution is 5.86. The SMILES string of the molecule is CCOC(=O)CNC(=O)N(CC(=O)N(CCc1ccc(OC)c(OC)c1)Cc1ccco1)C(C)CC. The van der Waals surface area contributed by atoms with E-state index in [0.29, 0.717) is 36.6 Å². The monoisotopic (exact) mass is 503 g/mol. The molecule has 0 aliphatic heterocycles. The van der Waals surface area contributed by atoms with Gasteiger partial charge in [0.25, 0.3) is 0 Å². The van der Waals surface area contributed by atoms with Crippen LogP contribution in [0.3, 0.4) is 0 Å².